The molecule has 0 saturated carbocycles. The Kier molecular flexibility index (Phi) is 4.50. The summed E-state index contributed by atoms with van der Waals surface area (Å²) in [5.41, 5.74) is 4.15. The van der Waals surface area contributed by atoms with Crippen LogP contribution in [0.5, 0.6) is 0 Å². The van der Waals surface area contributed by atoms with Gasteiger partial charge in [0.05, 0.1) is 17.6 Å². The maximum atomic E-state index is 12.9. The highest BCUT2D eigenvalue weighted by atomic mass is 35.5. The lowest BCUT2D eigenvalue weighted by Crippen LogP contribution is -2.50. The van der Waals surface area contributed by atoms with Crippen molar-refractivity contribution in [2.24, 2.45) is 5.84 Å². The van der Waals surface area contributed by atoms with Crippen LogP contribution in [0.1, 0.15) is 45.8 Å². The number of ether oxygens (including phenoxy) is 1. The summed E-state index contributed by atoms with van der Waals surface area (Å²) in [5.74, 6) is 5.52. The molecule has 28 heavy (non-hydrogen) atoms. The van der Waals surface area contributed by atoms with Crippen molar-refractivity contribution in [1.29, 1.82) is 0 Å². The molecule has 0 fully saturated rings. The van der Waals surface area contributed by atoms with Crippen LogP contribution in [0.2, 0.25) is 5.02 Å². The van der Waals surface area contributed by atoms with Crippen molar-refractivity contribution >= 4 is 29.2 Å². The van der Waals surface area contributed by atoms with Crippen LogP contribution in [0.3, 0.4) is 0 Å². The molecule has 7 heteroatoms. The normalized spacial score (nSPS) is 23.5. The number of quaternary nitrogens is 1. The summed E-state index contributed by atoms with van der Waals surface area (Å²) < 4.78 is 4.34. The molecule has 1 aliphatic heterocycles. The van der Waals surface area contributed by atoms with Crippen LogP contribution in [0, 0.1) is 0 Å². The van der Waals surface area contributed by atoms with Crippen molar-refractivity contribution < 1.29 is 19.4 Å². The lowest BCUT2D eigenvalue weighted by molar-refractivity contribution is 0.0846. The molecule has 6 nitrogen and oxygen atoms in total. The number of hydrogen-bond acceptors (Lipinski definition) is 4. The van der Waals surface area contributed by atoms with E-state index in [1.807, 2.05) is 12.1 Å². The molecule has 2 aliphatic rings. The summed E-state index contributed by atoms with van der Waals surface area (Å²) in [6.07, 6.45) is 2.68. The van der Waals surface area contributed by atoms with E-state index in [1.165, 1.54) is 17.3 Å². The third kappa shape index (κ3) is 3.09. The topological polar surface area (TPSA) is 89.6 Å². The van der Waals surface area contributed by atoms with Crippen LogP contribution in [0.15, 0.2) is 48.4 Å². The fraction of sp³-hybridized carbons (Fsp3) is 0.238. The van der Waals surface area contributed by atoms with Crippen LogP contribution in [0.25, 0.3) is 0 Å². The summed E-state index contributed by atoms with van der Waals surface area (Å²) >= 11 is 6.63. The molecule has 4 rings (SSSR count). The summed E-state index contributed by atoms with van der Waals surface area (Å²) in [5, 5.41) is 9.47. The van der Waals surface area contributed by atoms with E-state index in [0.29, 0.717) is 16.3 Å². The van der Waals surface area contributed by atoms with Gasteiger partial charge >= 0.3 is 6.16 Å². The van der Waals surface area contributed by atoms with Crippen LogP contribution < -0.4 is 10.4 Å². The van der Waals surface area contributed by atoms with Gasteiger partial charge in [-0.1, -0.05) is 35.9 Å². The number of allylic oxidation sites excluding steroid dienone is 1. The van der Waals surface area contributed by atoms with Crippen LogP contribution in [-0.2, 0) is 11.2 Å². The van der Waals surface area contributed by atoms with Crippen molar-refractivity contribution in [3.05, 3.63) is 75.6 Å². The molecule has 1 heterocycles. The van der Waals surface area contributed by atoms with E-state index < -0.39 is 11.9 Å². The molecule has 2 aromatic rings. The lowest BCUT2D eigenvalue weighted by Gasteiger charge is -2.31. The van der Waals surface area contributed by atoms with E-state index in [0.717, 1.165) is 24.8 Å². The molecular weight excluding hydrogens is 380 g/mol. The number of carbonyl (C=O) groups is 2. The number of halogens is 1. The number of carbonyl (C=O) groups excluding carboxylic acids is 1. The van der Waals surface area contributed by atoms with Crippen molar-refractivity contribution in [1.82, 2.24) is 4.59 Å². The standard InChI is InChI=1S/C21H19ClN2O4/c1-24(23)11-19(28-21(26)27)20(25)16-9-15(17(22)10-18(16)24)14-8-4-6-12-5-2-3-7-13(12)14/h2-3,5,7,9-11,14H,4,6,8,23H2,1H3/p+1. The van der Waals surface area contributed by atoms with Gasteiger partial charge < -0.3 is 9.84 Å². The Hall–Kier alpha value is -2.67. The smallest absolute Gasteiger partial charge is 0.449 e. The molecule has 3 N–H and O–H groups in total. The van der Waals surface area contributed by atoms with Gasteiger partial charge in [-0.05, 0) is 42.0 Å². The minimum absolute atomic E-state index is 0.0711. The van der Waals surface area contributed by atoms with Gasteiger partial charge in [-0.25, -0.2) is 4.79 Å². The van der Waals surface area contributed by atoms with Crippen molar-refractivity contribution in [2.45, 2.75) is 25.2 Å². The predicted octanol–water partition coefficient (Wildman–Crippen LogP) is 4.35. The minimum atomic E-state index is -1.56. The first kappa shape index (κ1) is 18.7. The third-order valence-corrected chi connectivity index (χ3v) is 5.76. The van der Waals surface area contributed by atoms with E-state index in [4.69, 9.17) is 22.6 Å². The average Bonchev–Trinajstić information content (AvgIpc) is 2.65. The van der Waals surface area contributed by atoms with Crippen molar-refractivity contribution in [3.8, 4) is 0 Å². The Morgan fingerprint density at radius 1 is 1.29 bits per heavy atom. The summed E-state index contributed by atoms with van der Waals surface area (Å²) in [6.45, 7) is 0. The second-order valence-corrected chi connectivity index (χ2v) is 7.78. The number of carboxylic acid groups (broad SMARTS) is 1. The molecule has 2 unspecified atom stereocenters. The maximum Gasteiger partial charge on any atom is 0.511 e. The molecule has 0 amide bonds. The van der Waals surface area contributed by atoms with Gasteiger partial charge in [0, 0.05) is 12.0 Å². The maximum absolute atomic E-state index is 12.9. The highest BCUT2D eigenvalue weighted by Gasteiger charge is 2.39. The molecule has 0 saturated heterocycles. The predicted molar refractivity (Wildman–Crippen MR) is 106 cm³/mol. The molecule has 0 bridgehead atoms. The largest absolute Gasteiger partial charge is 0.511 e. The number of fused-ring (bicyclic) bond motifs is 2. The van der Waals surface area contributed by atoms with E-state index in [-0.39, 0.29) is 16.3 Å². The van der Waals surface area contributed by atoms with Gasteiger partial charge in [0.1, 0.15) is 0 Å². The summed E-state index contributed by atoms with van der Waals surface area (Å²) in [6, 6.07) is 11.7. The molecule has 2 atom stereocenters. The zero-order chi connectivity index (χ0) is 20.1. The number of hydrogen-bond donors (Lipinski definition) is 2. The van der Waals surface area contributed by atoms with Gasteiger partial charge in [0.15, 0.2) is 11.9 Å². The molecule has 0 aromatic heterocycles. The minimum Gasteiger partial charge on any atom is -0.449 e. The molecule has 2 aromatic carbocycles. The highest BCUT2D eigenvalue weighted by Crippen LogP contribution is 2.43. The Morgan fingerprint density at radius 2 is 2.04 bits per heavy atom. The second kappa shape index (κ2) is 6.74. The molecule has 1 aliphatic carbocycles. The van der Waals surface area contributed by atoms with E-state index in [9.17, 15) is 9.59 Å². The van der Waals surface area contributed by atoms with Gasteiger partial charge in [0.2, 0.25) is 11.5 Å². The Bertz CT molecular complexity index is 1030. The number of nitrogens with two attached hydrogens (primary N) is 1. The Morgan fingerprint density at radius 3 is 2.79 bits per heavy atom. The number of nitrogens with zero attached hydrogens (tertiary/aromatic N) is 1. The molecule has 0 radical (unpaired) electrons. The Labute approximate surface area is 167 Å². The SMILES string of the molecule is C[N+]1(N)C=C(OC(=O)O)C(=O)c2cc(C3CCCc4ccccc43)c(Cl)cc21. The number of aryl methyl sites for hydroxylation is 1. The zero-order valence-electron chi connectivity index (χ0n) is 15.3. The summed E-state index contributed by atoms with van der Waals surface area (Å²) in [4.78, 5) is 23.8. The number of benzene rings is 2. The van der Waals surface area contributed by atoms with E-state index >= 15 is 0 Å². The number of ketones is 1. The fourth-order valence-electron chi connectivity index (χ4n) is 4.18. The third-order valence-electron chi connectivity index (χ3n) is 5.43. The first-order valence-corrected chi connectivity index (χ1v) is 9.40. The lowest BCUT2D eigenvalue weighted by atomic mass is 9.78. The molecule has 144 valence electrons. The van der Waals surface area contributed by atoms with Crippen molar-refractivity contribution in [2.75, 3.05) is 7.05 Å². The van der Waals surface area contributed by atoms with Crippen LogP contribution in [-0.4, -0.2) is 24.1 Å². The molecular formula is C21H20ClN2O4+. The van der Waals surface area contributed by atoms with E-state index in [2.05, 4.69) is 16.9 Å². The van der Waals surface area contributed by atoms with Crippen LogP contribution >= 0.6 is 11.6 Å². The monoisotopic (exact) mass is 399 g/mol. The fourth-order valence-corrected chi connectivity index (χ4v) is 4.46. The first-order chi connectivity index (χ1) is 13.3. The second-order valence-electron chi connectivity index (χ2n) is 7.37. The number of Topliss-reactive ketones (excluding diaryl/α,β-unsaturated/α-hetero) is 1. The quantitative estimate of drug-likeness (QED) is 0.445. The zero-order valence-corrected chi connectivity index (χ0v) is 16.1. The highest BCUT2D eigenvalue weighted by molar-refractivity contribution is 6.32. The van der Waals surface area contributed by atoms with Crippen LogP contribution in [0.4, 0.5) is 10.5 Å². The van der Waals surface area contributed by atoms with Crippen molar-refractivity contribution in [3.63, 3.8) is 0 Å². The van der Waals surface area contributed by atoms with Gasteiger partial charge in [-0.2, -0.15) is 10.4 Å². The number of rotatable bonds is 2. The van der Waals surface area contributed by atoms with Gasteiger partial charge in [-0.15, -0.1) is 0 Å². The van der Waals surface area contributed by atoms with E-state index in [1.54, 1.807) is 19.2 Å². The summed E-state index contributed by atoms with van der Waals surface area (Å²) in [7, 11) is 1.63. The Balaban J connectivity index is 1.84. The average molecular weight is 400 g/mol. The first-order valence-electron chi connectivity index (χ1n) is 9.03. The van der Waals surface area contributed by atoms with Gasteiger partial charge in [0.25, 0.3) is 0 Å². The van der Waals surface area contributed by atoms with Gasteiger partial charge in [-0.3, -0.25) is 4.79 Å². The molecule has 0 spiro atoms.